The number of H-pyrrole nitrogens is 1. The molecule has 0 aliphatic rings. The van der Waals surface area contributed by atoms with Crippen LogP contribution in [0.5, 0.6) is 0 Å². The number of nitrogens with zero attached hydrogens (tertiary/aromatic N) is 2. The number of aromatic amines is 1. The summed E-state index contributed by atoms with van der Waals surface area (Å²) < 4.78 is 0.808. The van der Waals surface area contributed by atoms with Gasteiger partial charge in [-0.25, -0.2) is 4.98 Å². The van der Waals surface area contributed by atoms with Crippen LogP contribution in [0.3, 0.4) is 0 Å². The Morgan fingerprint density at radius 2 is 2.38 bits per heavy atom. The van der Waals surface area contributed by atoms with Crippen molar-refractivity contribution in [2.45, 2.75) is 0 Å². The second-order valence-corrected chi connectivity index (χ2v) is 3.59. The van der Waals surface area contributed by atoms with E-state index in [1.165, 1.54) is 0 Å². The average Bonchev–Trinajstić information content (AvgIpc) is 2.62. The monoisotopic (exact) mass is 256 g/mol. The van der Waals surface area contributed by atoms with Crippen LogP contribution in [0, 0.1) is 6.33 Å². The Balaban J connectivity index is 2.59. The average molecular weight is 257 g/mol. The Bertz CT molecular complexity index is 413. The predicted molar refractivity (Wildman–Crippen MR) is 53.4 cm³/mol. The molecule has 3 nitrogen and oxygen atoms in total. The molecule has 2 heterocycles. The van der Waals surface area contributed by atoms with Gasteiger partial charge in [0, 0.05) is 16.9 Å². The maximum absolute atomic E-state index is 6.01. The molecule has 0 aromatic carbocycles. The first-order valence-corrected chi connectivity index (χ1v) is 4.68. The first-order chi connectivity index (χ1) is 6.29. The highest BCUT2D eigenvalue weighted by molar-refractivity contribution is 9.10. The van der Waals surface area contributed by atoms with Crippen LogP contribution >= 0.6 is 27.5 Å². The molecule has 1 radical (unpaired) electrons. The normalized spacial score (nSPS) is 10.3. The zero-order valence-corrected chi connectivity index (χ0v) is 8.72. The van der Waals surface area contributed by atoms with Crippen LogP contribution in [0.2, 0.25) is 5.02 Å². The van der Waals surface area contributed by atoms with E-state index in [9.17, 15) is 0 Å². The van der Waals surface area contributed by atoms with Crippen LogP contribution in [0.4, 0.5) is 0 Å². The van der Waals surface area contributed by atoms with Crippen LogP contribution in [0.1, 0.15) is 0 Å². The number of aromatic nitrogens is 3. The fraction of sp³-hybridized carbons (Fsp3) is 0. The minimum Gasteiger partial charge on any atom is -0.341 e. The van der Waals surface area contributed by atoms with E-state index >= 15 is 0 Å². The van der Waals surface area contributed by atoms with Gasteiger partial charge < -0.3 is 4.98 Å². The molecule has 2 aromatic heterocycles. The summed E-state index contributed by atoms with van der Waals surface area (Å²) in [5, 5.41) is 0.558. The molecular formula is C8H4BrClN3. The first kappa shape index (κ1) is 8.72. The summed E-state index contributed by atoms with van der Waals surface area (Å²) in [6, 6.07) is 1.78. The number of hydrogen-bond acceptors (Lipinski definition) is 2. The second kappa shape index (κ2) is 3.47. The van der Waals surface area contributed by atoms with E-state index in [4.69, 9.17) is 11.6 Å². The number of rotatable bonds is 1. The maximum atomic E-state index is 6.01. The van der Waals surface area contributed by atoms with Crippen LogP contribution in [-0.4, -0.2) is 15.0 Å². The molecule has 2 rings (SSSR count). The molecule has 0 saturated carbocycles. The van der Waals surface area contributed by atoms with Crippen molar-refractivity contribution < 1.29 is 0 Å². The molecule has 0 saturated heterocycles. The summed E-state index contributed by atoms with van der Waals surface area (Å²) in [6.07, 6.45) is 5.95. The summed E-state index contributed by atoms with van der Waals surface area (Å²) in [5.74, 6) is 0. The zero-order valence-electron chi connectivity index (χ0n) is 6.38. The smallest absolute Gasteiger partial charge is 0.174 e. The molecular weight excluding hydrogens is 253 g/mol. The molecule has 2 aromatic rings. The molecule has 0 bridgehead atoms. The number of halogens is 2. The maximum Gasteiger partial charge on any atom is 0.174 e. The molecule has 0 amide bonds. The molecule has 13 heavy (non-hydrogen) atoms. The predicted octanol–water partition coefficient (Wildman–Crippen LogP) is 2.69. The Morgan fingerprint density at radius 3 is 3.08 bits per heavy atom. The highest BCUT2D eigenvalue weighted by atomic mass is 79.9. The Kier molecular flexibility index (Phi) is 2.33. The van der Waals surface area contributed by atoms with Gasteiger partial charge in [-0.05, 0) is 22.0 Å². The van der Waals surface area contributed by atoms with Crippen molar-refractivity contribution in [1.29, 1.82) is 0 Å². The van der Waals surface area contributed by atoms with E-state index in [-0.39, 0.29) is 0 Å². The third kappa shape index (κ3) is 1.59. The van der Waals surface area contributed by atoms with Gasteiger partial charge in [0.25, 0.3) is 0 Å². The third-order valence-corrected chi connectivity index (χ3v) is 2.81. The fourth-order valence-electron chi connectivity index (χ4n) is 0.945. The third-order valence-electron chi connectivity index (χ3n) is 1.53. The van der Waals surface area contributed by atoms with E-state index in [1.54, 1.807) is 18.5 Å². The quantitative estimate of drug-likeness (QED) is 0.853. The number of nitrogens with one attached hydrogen (secondary N) is 1. The first-order valence-electron chi connectivity index (χ1n) is 3.51. The molecule has 0 atom stereocenters. The minimum atomic E-state index is 0.558. The summed E-state index contributed by atoms with van der Waals surface area (Å²) in [4.78, 5) is 10.8. The zero-order chi connectivity index (χ0) is 9.26. The summed E-state index contributed by atoms with van der Waals surface area (Å²) >= 11 is 9.32. The molecule has 0 spiro atoms. The molecule has 0 aliphatic heterocycles. The molecule has 0 unspecified atom stereocenters. The van der Waals surface area contributed by atoms with E-state index in [0.29, 0.717) is 16.4 Å². The Morgan fingerprint density at radius 1 is 1.54 bits per heavy atom. The van der Waals surface area contributed by atoms with Crippen molar-refractivity contribution in [3.63, 3.8) is 0 Å². The lowest BCUT2D eigenvalue weighted by Crippen LogP contribution is -1.85. The lowest BCUT2D eigenvalue weighted by molar-refractivity contribution is 1.25. The van der Waals surface area contributed by atoms with Crippen molar-refractivity contribution >= 4 is 27.5 Å². The number of pyridine rings is 1. The second-order valence-electron chi connectivity index (χ2n) is 2.35. The van der Waals surface area contributed by atoms with Gasteiger partial charge in [-0.15, -0.1) is 0 Å². The highest BCUT2D eigenvalue weighted by Gasteiger charge is 2.08. The Labute approximate surface area is 88.3 Å². The van der Waals surface area contributed by atoms with Gasteiger partial charge in [-0.1, -0.05) is 11.6 Å². The molecule has 5 heteroatoms. The van der Waals surface area contributed by atoms with E-state index in [0.717, 1.165) is 4.47 Å². The standard InChI is InChI=1S/C8H4BrClN3/c9-5-1-2-12-8(7(5)10)6-3-11-4-13-6/h1-3H,(H,11,13). The van der Waals surface area contributed by atoms with Gasteiger partial charge in [0.05, 0.1) is 5.02 Å². The SMILES string of the molecule is Clc1c(Br)ccnc1-c1c[nH][c]n1. The van der Waals surface area contributed by atoms with Crippen molar-refractivity contribution in [3.05, 3.63) is 34.3 Å². The number of hydrogen-bond donors (Lipinski definition) is 1. The van der Waals surface area contributed by atoms with Crippen molar-refractivity contribution in [2.24, 2.45) is 0 Å². The summed E-state index contributed by atoms with van der Waals surface area (Å²) in [6.45, 7) is 0. The lowest BCUT2D eigenvalue weighted by atomic mass is 10.3. The number of imidazole rings is 1. The van der Waals surface area contributed by atoms with Gasteiger partial charge in [0.1, 0.15) is 11.4 Å². The van der Waals surface area contributed by atoms with Gasteiger partial charge in [0.15, 0.2) is 6.33 Å². The summed E-state index contributed by atoms with van der Waals surface area (Å²) in [5.41, 5.74) is 1.33. The lowest BCUT2D eigenvalue weighted by Gasteiger charge is -2.00. The van der Waals surface area contributed by atoms with E-state index < -0.39 is 0 Å². The molecule has 0 fully saturated rings. The van der Waals surface area contributed by atoms with Crippen LogP contribution in [-0.2, 0) is 0 Å². The van der Waals surface area contributed by atoms with E-state index in [1.807, 2.05) is 0 Å². The Hall–Kier alpha value is -0.870. The molecule has 1 N–H and O–H groups in total. The minimum absolute atomic E-state index is 0.558. The van der Waals surface area contributed by atoms with Gasteiger partial charge in [0.2, 0.25) is 0 Å². The van der Waals surface area contributed by atoms with Crippen LogP contribution < -0.4 is 0 Å². The summed E-state index contributed by atoms with van der Waals surface area (Å²) in [7, 11) is 0. The van der Waals surface area contributed by atoms with Crippen LogP contribution in [0.25, 0.3) is 11.4 Å². The van der Waals surface area contributed by atoms with Gasteiger partial charge in [-0.2, -0.15) is 0 Å². The van der Waals surface area contributed by atoms with Crippen molar-refractivity contribution in [3.8, 4) is 11.4 Å². The van der Waals surface area contributed by atoms with Crippen molar-refractivity contribution in [1.82, 2.24) is 15.0 Å². The molecule has 0 aliphatic carbocycles. The molecule has 65 valence electrons. The van der Waals surface area contributed by atoms with Gasteiger partial charge in [-0.3, -0.25) is 4.98 Å². The van der Waals surface area contributed by atoms with Crippen LogP contribution in [0.15, 0.2) is 22.9 Å². The van der Waals surface area contributed by atoms with E-state index in [2.05, 4.69) is 37.2 Å². The highest BCUT2D eigenvalue weighted by Crippen LogP contribution is 2.29. The fourth-order valence-corrected chi connectivity index (χ4v) is 1.46. The largest absolute Gasteiger partial charge is 0.341 e. The topological polar surface area (TPSA) is 41.6 Å². The van der Waals surface area contributed by atoms with Crippen molar-refractivity contribution in [2.75, 3.05) is 0 Å². The van der Waals surface area contributed by atoms with Gasteiger partial charge >= 0.3 is 0 Å².